The summed E-state index contributed by atoms with van der Waals surface area (Å²) in [6.45, 7) is 6.95. The maximum atomic E-state index is 12.8. The van der Waals surface area contributed by atoms with Gasteiger partial charge in [-0.3, -0.25) is 14.4 Å². The molecule has 0 radical (unpaired) electrons. The summed E-state index contributed by atoms with van der Waals surface area (Å²) < 4.78 is 5.73. The molecule has 160 valence electrons. The summed E-state index contributed by atoms with van der Waals surface area (Å²) in [5.41, 5.74) is -1.41. The van der Waals surface area contributed by atoms with Crippen molar-refractivity contribution in [1.29, 1.82) is 0 Å². The molecule has 6 nitrogen and oxygen atoms in total. The second-order valence-corrected chi connectivity index (χ2v) is 10.2. The van der Waals surface area contributed by atoms with E-state index in [4.69, 9.17) is 4.74 Å². The molecule has 0 aromatic carbocycles. The van der Waals surface area contributed by atoms with E-state index in [0.29, 0.717) is 37.7 Å². The molecule has 0 saturated heterocycles. The quantitative estimate of drug-likeness (QED) is 0.685. The highest BCUT2D eigenvalue weighted by molar-refractivity contribution is 5.92. The Morgan fingerprint density at radius 3 is 2.34 bits per heavy atom. The largest absolute Gasteiger partial charge is 0.451 e. The zero-order chi connectivity index (χ0) is 21.4. The molecule has 6 heteroatoms. The van der Waals surface area contributed by atoms with Gasteiger partial charge >= 0.3 is 5.97 Å². The predicted molar refractivity (Wildman–Crippen MR) is 105 cm³/mol. The Morgan fingerprint density at radius 2 is 1.72 bits per heavy atom. The van der Waals surface area contributed by atoms with Gasteiger partial charge in [0.1, 0.15) is 6.10 Å². The molecule has 0 aromatic rings. The molecular weight excluding hydrogens is 372 g/mol. The molecule has 0 amide bonds. The number of hydrogen-bond donors (Lipinski definition) is 2. The number of aliphatic hydroxyl groups excluding tert-OH is 2. The van der Waals surface area contributed by atoms with E-state index in [1.165, 1.54) is 13.8 Å². The molecule has 8 atom stereocenters. The van der Waals surface area contributed by atoms with Crippen molar-refractivity contribution in [2.45, 2.75) is 84.0 Å². The Bertz CT molecular complexity index is 801. The standard InChI is InChI=1S/C23H32O6/c1-12(24)23(29-13(2)25)10-7-16-18-15(6-9-22(16,23)4)21(3)8-5-14(26)11-17(21)19(27)20(18)28/h11,15-16,18-20,27-28H,5-10H2,1-4H3/t15-,16-,18+,19?,20?,21+,22-,23-/m0/s1. The summed E-state index contributed by atoms with van der Waals surface area (Å²) in [6.07, 6.45) is 3.21. The van der Waals surface area contributed by atoms with Gasteiger partial charge < -0.3 is 14.9 Å². The molecule has 3 fully saturated rings. The van der Waals surface area contributed by atoms with Gasteiger partial charge in [0.05, 0.1) is 6.10 Å². The summed E-state index contributed by atoms with van der Waals surface area (Å²) >= 11 is 0. The van der Waals surface area contributed by atoms with E-state index in [0.717, 1.165) is 6.42 Å². The van der Waals surface area contributed by atoms with Crippen molar-refractivity contribution in [3.8, 4) is 0 Å². The number of esters is 1. The summed E-state index contributed by atoms with van der Waals surface area (Å²) in [7, 11) is 0. The van der Waals surface area contributed by atoms with Crippen molar-refractivity contribution in [3.05, 3.63) is 11.6 Å². The maximum Gasteiger partial charge on any atom is 0.303 e. The Balaban J connectivity index is 1.78. The normalized spacial score (nSPS) is 48.8. The fourth-order valence-electron chi connectivity index (χ4n) is 7.63. The predicted octanol–water partition coefficient (Wildman–Crippen LogP) is 2.35. The molecule has 0 aliphatic heterocycles. The second-order valence-electron chi connectivity index (χ2n) is 10.2. The molecular formula is C23H32O6. The van der Waals surface area contributed by atoms with Gasteiger partial charge in [0.2, 0.25) is 0 Å². The number of Topliss-reactive ketones (excluding diaryl/α,β-unsaturated/α-hetero) is 1. The van der Waals surface area contributed by atoms with Gasteiger partial charge in [-0.1, -0.05) is 13.8 Å². The molecule has 3 saturated carbocycles. The molecule has 2 N–H and O–H groups in total. The van der Waals surface area contributed by atoms with Crippen LogP contribution in [0, 0.1) is 28.6 Å². The number of ether oxygens (including phenoxy) is 1. The third-order valence-electron chi connectivity index (χ3n) is 9.06. The molecule has 29 heavy (non-hydrogen) atoms. The molecule has 2 unspecified atom stereocenters. The number of rotatable bonds is 2. The van der Waals surface area contributed by atoms with Crippen LogP contribution >= 0.6 is 0 Å². The van der Waals surface area contributed by atoms with Gasteiger partial charge in [0.25, 0.3) is 0 Å². The summed E-state index contributed by atoms with van der Waals surface area (Å²) in [6, 6.07) is 0. The molecule has 0 aromatic heterocycles. The van der Waals surface area contributed by atoms with Crippen LogP contribution in [-0.4, -0.2) is 45.6 Å². The summed E-state index contributed by atoms with van der Waals surface area (Å²) in [4.78, 5) is 36.7. The Hall–Kier alpha value is -1.53. The van der Waals surface area contributed by atoms with E-state index in [2.05, 4.69) is 6.92 Å². The first kappa shape index (κ1) is 20.7. The number of carbonyl (C=O) groups excluding carboxylic acids is 3. The van der Waals surface area contributed by atoms with E-state index in [9.17, 15) is 24.6 Å². The van der Waals surface area contributed by atoms with Crippen LogP contribution in [0.15, 0.2) is 11.6 Å². The van der Waals surface area contributed by atoms with Crippen LogP contribution in [0.3, 0.4) is 0 Å². The fourth-order valence-corrected chi connectivity index (χ4v) is 7.63. The van der Waals surface area contributed by atoms with E-state index in [1.807, 2.05) is 6.92 Å². The highest BCUT2D eigenvalue weighted by Crippen LogP contribution is 2.68. The maximum absolute atomic E-state index is 12.8. The zero-order valence-corrected chi connectivity index (χ0v) is 17.7. The zero-order valence-electron chi connectivity index (χ0n) is 17.7. The van der Waals surface area contributed by atoms with Crippen molar-refractivity contribution < 1.29 is 29.3 Å². The number of aliphatic hydroxyl groups is 2. The minimum atomic E-state index is -1.17. The Morgan fingerprint density at radius 1 is 1.07 bits per heavy atom. The smallest absolute Gasteiger partial charge is 0.303 e. The number of hydrogen-bond acceptors (Lipinski definition) is 6. The van der Waals surface area contributed by atoms with Crippen LogP contribution < -0.4 is 0 Å². The van der Waals surface area contributed by atoms with Crippen molar-refractivity contribution >= 4 is 17.5 Å². The minimum Gasteiger partial charge on any atom is -0.451 e. The van der Waals surface area contributed by atoms with Crippen LogP contribution in [0.1, 0.15) is 66.2 Å². The van der Waals surface area contributed by atoms with Crippen LogP contribution in [0.4, 0.5) is 0 Å². The Labute approximate surface area is 171 Å². The molecule has 4 aliphatic rings. The average Bonchev–Trinajstić information content (AvgIpc) is 2.94. The molecule has 4 aliphatic carbocycles. The number of ketones is 2. The van der Waals surface area contributed by atoms with Crippen molar-refractivity contribution in [3.63, 3.8) is 0 Å². The molecule has 4 rings (SSSR count). The Kier molecular flexibility index (Phi) is 4.63. The van der Waals surface area contributed by atoms with Crippen molar-refractivity contribution in [1.82, 2.24) is 0 Å². The van der Waals surface area contributed by atoms with Crippen LogP contribution in [0.2, 0.25) is 0 Å². The third kappa shape index (κ3) is 2.57. The SMILES string of the molecule is CC(=O)O[C@]1(C(C)=O)CC[C@H]2[C@@H]3C(O)C(O)C4=CC(=O)CC[C@]4(C)[C@H]3CC[C@@]21C. The van der Waals surface area contributed by atoms with E-state index < -0.39 is 29.2 Å². The van der Waals surface area contributed by atoms with Crippen LogP contribution in [0.5, 0.6) is 0 Å². The average molecular weight is 405 g/mol. The van der Waals surface area contributed by atoms with Crippen molar-refractivity contribution in [2.75, 3.05) is 0 Å². The topological polar surface area (TPSA) is 101 Å². The van der Waals surface area contributed by atoms with E-state index in [1.54, 1.807) is 6.08 Å². The highest BCUT2D eigenvalue weighted by Gasteiger charge is 2.70. The lowest BCUT2D eigenvalue weighted by molar-refractivity contribution is -0.197. The fraction of sp³-hybridized carbons (Fsp3) is 0.783. The number of fused-ring (bicyclic) bond motifs is 5. The first-order valence-electron chi connectivity index (χ1n) is 10.8. The van der Waals surface area contributed by atoms with Gasteiger partial charge in [-0.2, -0.15) is 0 Å². The second kappa shape index (κ2) is 6.48. The third-order valence-corrected chi connectivity index (χ3v) is 9.06. The van der Waals surface area contributed by atoms with Gasteiger partial charge in [-0.25, -0.2) is 0 Å². The summed E-state index contributed by atoms with van der Waals surface area (Å²) in [5.74, 6) is -0.706. The molecule has 0 heterocycles. The van der Waals surface area contributed by atoms with Crippen molar-refractivity contribution in [2.24, 2.45) is 28.6 Å². The minimum absolute atomic E-state index is 0.00847. The van der Waals surface area contributed by atoms with E-state index in [-0.39, 0.29) is 34.7 Å². The lowest BCUT2D eigenvalue weighted by Crippen LogP contribution is -2.63. The first-order chi connectivity index (χ1) is 13.5. The highest BCUT2D eigenvalue weighted by atomic mass is 16.6. The van der Waals surface area contributed by atoms with Crippen LogP contribution in [0.25, 0.3) is 0 Å². The van der Waals surface area contributed by atoms with E-state index >= 15 is 0 Å². The summed E-state index contributed by atoms with van der Waals surface area (Å²) in [5, 5.41) is 22.1. The number of carbonyl (C=O) groups is 3. The van der Waals surface area contributed by atoms with Crippen LogP contribution in [-0.2, 0) is 19.1 Å². The first-order valence-corrected chi connectivity index (χ1v) is 10.8. The van der Waals surface area contributed by atoms with Gasteiger partial charge in [0.15, 0.2) is 17.2 Å². The van der Waals surface area contributed by atoms with Gasteiger partial charge in [0, 0.05) is 18.8 Å². The lowest BCUT2D eigenvalue weighted by Gasteiger charge is -2.61. The van der Waals surface area contributed by atoms with Gasteiger partial charge in [-0.05, 0) is 73.8 Å². The van der Waals surface area contributed by atoms with Gasteiger partial charge in [-0.15, -0.1) is 0 Å². The monoisotopic (exact) mass is 404 g/mol. The molecule has 0 spiro atoms. The molecule has 0 bridgehead atoms. The lowest BCUT2D eigenvalue weighted by atomic mass is 9.45.